The molecule has 4 rings (SSSR count). The zero-order valence-electron chi connectivity index (χ0n) is 11.7. The van der Waals surface area contributed by atoms with Crippen LogP contribution in [0.25, 0.3) is 21.5 Å². The Morgan fingerprint density at radius 1 is 0.545 bits per heavy atom. The Bertz CT molecular complexity index is 900. The molecule has 2 heterocycles. The third kappa shape index (κ3) is 2.20. The van der Waals surface area contributed by atoms with Gasteiger partial charge < -0.3 is 0 Å². The average molecular weight is 284 g/mol. The van der Waals surface area contributed by atoms with Gasteiger partial charge in [-0.05, 0) is 22.9 Å². The molecule has 0 atom stereocenters. The zero-order chi connectivity index (χ0) is 14.8. The van der Waals surface area contributed by atoms with E-state index in [1.807, 2.05) is 60.7 Å². The summed E-state index contributed by atoms with van der Waals surface area (Å²) >= 11 is 0. The molecular weight excluding hydrogens is 272 g/mol. The highest BCUT2D eigenvalue weighted by Crippen LogP contribution is 2.27. The highest BCUT2D eigenvalue weighted by atomic mass is 15.2. The van der Waals surface area contributed by atoms with Crippen LogP contribution in [0.15, 0.2) is 83.3 Å². The molecule has 0 bridgehead atoms. The number of hydrogen-bond donors (Lipinski definition) is 0. The van der Waals surface area contributed by atoms with E-state index in [4.69, 9.17) is 0 Å². The van der Waals surface area contributed by atoms with Gasteiger partial charge in [0.15, 0.2) is 11.6 Å². The third-order valence-corrected chi connectivity index (χ3v) is 3.54. The standard InChI is InChI=1S/C18H12N4/c1-3-7-15-13(5-1)9-11-19-17(15)21-22-18-16-8-4-2-6-14(16)10-12-20-18/h1-12H. The Kier molecular flexibility index (Phi) is 3.05. The number of azo groups is 1. The molecule has 4 nitrogen and oxygen atoms in total. The lowest BCUT2D eigenvalue weighted by molar-refractivity contribution is 1.14. The van der Waals surface area contributed by atoms with Crippen LogP contribution in [0.3, 0.4) is 0 Å². The largest absolute Gasteiger partial charge is 0.235 e. The Hall–Kier alpha value is -3.14. The number of benzene rings is 2. The lowest BCUT2D eigenvalue weighted by Crippen LogP contribution is -1.79. The first-order chi connectivity index (χ1) is 10.9. The van der Waals surface area contributed by atoms with Gasteiger partial charge in [0.2, 0.25) is 0 Å². The summed E-state index contributed by atoms with van der Waals surface area (Å²) in [5.74, 6) is 1.21. The van der Waals surface area contributed by atoms with E-state index in [1.54, 1.807) is 12.4 Å². The molecule has 0 aliphatic carbocycles. The predicted molar refractivity (Wildman–Crippen MR) is 87.7 cm³/mol. The molecule has 0 spiro atoms. The van der Waals surface area contributed by atoms with E-state index in [2.05, 4.69) is 20.2 Å². The molecule has 4 aromatic rings. The van der Waals surface area contributed by atoms with Crippen LogP contribution in [0.5, 0.6) is 0 Å². The Morgan fingerprint density at radius 2 is 1.00 bits per heavy atom. The molecule has 22 heavy (non-hydrogen) atoms. The van der Waals surface area contributed by atoms with Crippen molar-refractivity contribution in [2.45, 2.75) is 0 Å². The van der Waals surface area contributed by atoms with Crippen molar-refractivity contribution >= 4 is 33.2 Å². The van der Waals surface area contributed by atoms with Gasteiger partial charge >= 0.3 is 0 Å². The fourth-order valence-electron chi connectivity index (χ4n) is 2.46. The van der Waals surface area contributed by atoms with Gasteiger partial charge in [0, 0.05) is 23.2 Å². The van der Waals surface area contributed by atoms with Gasteiger partial charge in [-0.3, -0.25) is 0 Å². The molecular formula is C18H12N4. The Balaban J connectivity index is 1.83. The molecule has 2 aromatic heterocycles. The first-order valence-corrected chi connectivity index (χ1v) is 7.01. The molecule has 2 aromatic carbocycles. The molecule has 0 N–H and O–H groups in total. The minimum absolute atomic E-state index is 0.604. The van der Waals surface area contributed by atoms with E-state index in [0.717, 1.165) is 21.5 Å². The summed E-state index contributed by atoms with van der Waals surface area (Å²) in [6.07, 6.45) is 3.49. The Labute approximate surface area is 127 Å². The quantitative estimate of drug-likeness (QED) is 0.475. The smallest absolute Gasteiger partial charge is 0.182 e. The van der Waals surface area contributed by atoms with Crippen molar-refractivity contribution in [3.05, 3.63) is 73.1 Å². The maximum absolute atomic E-state index is 4.31. The molecule has 0 aliphatic heterocycles. The van der Waals surface area contributed by atoms with E-state index in [1.165, 1.54) is 0 Å². The van der Waals surface area contributed by atoms with Gasteiger partial charge in [-0.25, -0.2) is 9.97 Å². The van der Waals surface area contributed by atoms with E-state index < -0.39 is 0 Å². The fraction of sp³-hybridized carbons (Fsp3) is 0. The second-order valence-corrected chi connectivity index (χ2v) is 4.91. The van der Waals surface area contributed by atoms with E-state index >= 15 is 0 Å². The summed E-state index contributed by atoms with van der Waals surface area (Å²) in [4.78, 5) is 8.63. The van der Waals surface area contributed by atoms with Gasteiger partial charge in [0.05, 0.1) is 0 Å². The number of nitrogens with zero attached hydrogens (tertiary/aromatic N) is 4. The Morgan fingerprint density at radius 3 is 1.50 bits per heavy atom. The number of pyridine rings is 2. The zero-order valence-corrected chi connectivity index (χ0v) is 11.7. The van der Waals surface area contributed by atoms with Crippen LogP contribution >= 0.6 is 0 Å². The summed E-state index contributed by atoms with van der Waals surface area (Å²) in [6, 6.07) is 19.9. The van der Waals surface area contributed by atoms with Crippen LogP contribution in [0.1, 0.15) is 0 Å². The minimum Gasteiger partial charge on any atom is -0.235 e. The summed E-state index contributed by atoms with van der Waals surface area (Å²) in [7, 11) is 0. The van der Waals surface area contributed by atoms with E-state index in [0.29, 0.717) is 11.6 Å². The lowest BCUT2D eigenvalue weighted by Gasteiger charge is -2.01. The van der Waals surface area contributed by atoms with E-state index in [-0.39, 0.29) is 0 Å². The van der Waals surface area contributed by atoms with Crippen molar-refractivity contribution in [2.24, 2.45) is 10.2 Å². The van der Waals surface area contributed by atoms with Crippen molar-refractivity contribution in [3.8, 4) is 0 Å². The molecule has 0 unspecified atom stereocenters. The van der Waals surface area contributed by atoms with Gasteiger partial charge in [-0.2, -0.15) is 0 Å². The number of aromatic nitrogens is 2. The van der Waals surface area contributed by atoms with Gasteiger partial charge in [-0.1, -0.05) is 48.5 Å². The van der Waals surface area contributed by atoms with Crippen LogP contribution in [0, 0.1) is 0 Å². The lowest BCUT2D eigenvalue weighted by atomic mass is 10.1. The summed E-state index contributed by atoms with van der Waals surface area (Å²) in [5.41, 5.74) is 0. The minimum atomic E-state index is 0.604. The van der Waals surface area contributed by atoms with E-state index in [9.17, 15) is 0 Å². The molecule has 104 valence electrons. The molecule has 0 aliphatic rings. The maximum Gasteiger partial charge on any atom is 0.182 e. The molecule has 0 fully saturated rings. The number of fused-ring (bicyclic) bond motifs is 2. The van der Waals surface area contributed by atoms with Crippen LogP contribution in [0.4, 0.5) is 11.6 Å². The first kappa shape index (κ1) is 12.6. The van der Waals surface area contributed by atoms with Crippen molar-refractivity contribution in [3.63, 3.8) is 0 Å². The van der Waals surface area contributed by atoms with Crippen LogP contribution in [-0.2, 0) is 0 Å². The molecule has 4 heteroatoms. The van der Waals surface area contributed by atoms with Crippen molar-refractivity contribution in [1.29, 1.82) is 0 Å². The highest BCUT2D eigenvalue weighted by Gasteiger charge is 2.02. The molecule has 0 radical (unpaired) electrons. The summed E-state index contributed by atoms with van der Waals surface area (Å²) in [5, 5.41) is 12.8. The fourth-order valence-corrected chi connectivity index (χ4v) is 2.46. The third-order valence-electron chi connectivity index (χ3n) is 3.54. The van der Waals surface area contributed by atoms with Crippen molar-refractivity contribution < 1.29 is 0 Å². The summed E-state index contributed by atoms with van der Waals surface area (Å²) in [6.45, 7) is 0. The monoisotopic (exact) mass is 284 g/mol. The number of hydrogen-bond acceptors (Lipinski definition) is 4. The molecule has 0 amide bonds. The van der Waals surface area contributed by atoms with Gasteiger partial charge in [0.25, 0.3) is 0 Å². The van der Waals surface area contributed by atoms with Gasteiger partial charge in [-0.15, -0.1) is 10.2 Å². The second-order valence-electron chi connectivity index (χ2n) is 4.91. The van der Waals surface area contributed by atoms with Crippen LogP contribution < -0.4 is 0 Å². The topological polar surface area (TPSA) is 50.5 Å². The predicted octanol–water partition coefficient (Wildman–Crippen LogP) is 5.20. The highest BCUT2D eigenvalue weighted by molar-refractivity contribution is 5.91. The first-order valence-electron chi connectivity index (χ1n) is 7.01. The van der Waals surface area contributed by atoms with Gasteiger partial charge in [0.1, 0.15) is 0 Å². The second kappa shape index (κ2) is 5.33. The number of rotatable bonds is 2. The molecule has 0 saturated heterocycles. The van der Waals surface area contributed by atoms with Crippen LogP contribution in [0.2, 0.25) is 0 Å². The summed E-state index contributed by atoms with van der Waals surface area (Å²) < 4.78 is 0. The van der Waals surface area contributed by atoms with Crippen LogP contribution in [-0.4, -0.2) is 9.97 Å². The maximum atomic E-state index is 4.31. The normalized spacial score (nSPS) is 11.5. The SMILES string of the molecule is c1ccc2c(N=Nc3nccc4ccccc34)nccc2c1. The average Bonchev–Trinajstić information content (AvgIpc) is 2.60. The van der Waals surface area contributed by atoms with Crippen molar-refractivity contribution in [1.82, 2.24) is 9.97 Å². The van der Waals surface area contributed by atoms with Crippen molar-refractivity contribution in [2.75, 3.05) is 0 Å². The molecule has 0 saturated carbocycles.